The van der Waals surface area contributed by atoms with Crippen LogP contribution in [0.25, 0.3) is 0 Å². The van der Waals surface area contributed by atoms with Crippen molar-refractivity contribution in [2.75, 3.05) is 27.2 Å². The van der Waals surface area contributed by atoms with Crippen LogP contribution in [0.5, 0.6) is 0 Å². The molecule has 1 aliphatic heterocycles. The number of carbonyl (C=O) groups is 1. The molecule has 1 atom stereocenters. The molecule has 1 aromatic rings. The number of nitrogens with two attached hydrogens (primary N) is 1. The Morgan fingerprint density at radius 2 is 1.84 bits per heavy atom. The average Bonchev–Trinajstić information content (AvgIpc) is 2.57. The molecule has 140 valence electrons. The molecule has 0 saturated carbocycles. The summed E-state index contributed by atoms with van der Waals surface area (Å²) in [4.78, 5) is 19.7. The molecule has 0 radical (unpaired) electrons. The van der Waals surface area contributed by atoms with Crippen LogP contribution >= 0.6 is 0 Å². The molecule has 1 heterocycles. The molecular weight excluding hydrogens is 314 g/mol. The standard InChI is InChI=1S/C20H33N3O2/c1-14-10-15(2)18(16(3)11-14)13-20(24)22(4)19(21)12-17-6-8-23(25-5)9-7-17/h10-11,17,19H,6-9,12-13,21H2,1-5H3. The molecule has 0 aromatic heterocycles. The van der Waals surface area contributed by atoms with Crippen molar-refractivity contribution in [1.82, 2.24) is 9.96 Å². The summed E-state index contributed by atoms with van der Waals surface area (Å²) in [5.41, 5.74) is 11.1. The zero-order chi connectivity index (χ0) is 18.6. The summed E-state index contributed by atoms with van der Waals surface area (Å²) in [7, 11) is 3.55. The molecule has 1 fully saturated rings. The molecule has 1 aromatic carbocycles. The van der Waals surface area contributed by atoms with Crippen LogP contribution in [-0.4, -0.2) is 49.3 Å². The lowest BCUT2D eigenvalue weighted by Gasteiger charge is -2.33. The van der Waals surface area contributed by atoms with E-state index in [0.717, 1.165) is 37.9 Å². The van der Waals surface area contributed by atoms with Crippen molar-refractivity contribution in [2.24, 2.45) is 11.7 Å². The van der Waals surface area contributed by atoms with Crippen molar-refractivity contribution in [3.63, 3.8) is 0 Å². The van der Waals surface area contributed by atoms with Gasteiger partial charge in [0.25, 0.3) is 0 Å². The SMILES string of the molecule is CON1CCC(CC(N)N(C)C(=O)Cc2c(C)cc(C)cc2C)CC1. The largest absolute Gasteiger partial charge is 0.330 e. The summed E-state index contributed by atoms with van der Waals surface area (Å²) in [6, 6.07) is 4.28. The van der Waals surface area contributed by atoms with Gasteiger partial charge in [-0.1, -0.05) is 17.7 Å². The van der Waals surface area contributed by atoms with Gasteiger partial charge in [-0.25, -0.2) is 0 Å². The molecule has 1 saturated heterocycles. The van der Waals surface area contributed by atoms with Gasteiger partial charge < -0.3 is 15.5 Å². The Kier molecular flexibility index (Phi) is 6.99. The van der Waals surface area contributed by atoms with Crippen LogP contribution in [0.4, 0.5) is 0 Å². The van der Waals surface area contributed by atoms with Crippen LogP contribution in [0.1, 0.15) is 41.5 Å². The predicted molar refractivity (Wildman–Crippen MR) is 101 cm³/mol. The van der Waals surface area contributed by atoms with Crippen molar-refractivity contribution in [3.05, 3.63) is 34.4 Å². The number of aryl methyl sites for hydroxylation is 3. The first-order chi connectivity index (χ1) is 11.8. The molecular formula is C20H33N3O2. The lowest BCUT2D eigenvalue weighted by Crippen LogP contribution is -2.46. The van der Waals surface area contributed by atoms with Crippen molar-refractivity contribution in [1.29, 1.82) is 0 Å². The Morgan fingerprint density at radius 1 is 1.28 bits per heavy atom. The Labute approximate surface area is 152 Å². The highest BCUT2D eigenvalue weighted by atomic mass is 16.7. The molecule has 1 unspecified atom stereocenters. The second kappa shape index (κ2) is 8.79. The Hall–Kier alpha value is -1.43. The number of hydroxylamine groups is 2. The molecule has 0 spiro atoms. The minimum atomic E-state index is -0.224. The maximum Gasteiger partial charge on any atom is 0.227 e. The van der Waals surface area contributed by atoms with E-state index in [4.69, 9.17) is 10.6 Å². The molecule has 0 aliphatic carbocycles. The van der Waals surface area contributed by atoms with Crippen LogP contribution in [0, 0.1) is 26.7 Å². The topological polar surface area (TPSA) is 58.8 Å². The van der Waals surface area contributed by atoms with Gasteiger partial charge in [-0.05, 0) is 62.6 Å². The first kappa shape index (κ1) is 19.9. The number of hydrogen-bond donors (Lipinski definition) is 1. The maximum atomic E-state index is 12.7. The van der Waals surface area contributed by atoms with Gasteiger partial charge in [0.15, 0.2) is 0 Å². The van der Waals surface area contributed by atoms with Crippen molar-refractivity contribution < 1.29 is 9.63 Å². The number of nitrogens with zero attached hydrogens (tertiary/aromatic N) is 2. The fourth-order valence-corrected chi connectivity index (χ4v) is 3.78. The van der Waals surface area contributed by atoms with E-state index in [0.29, 0.717) is 12.3 Å². The number of benzene rings is 1. The lowest BCUT2D eigenvalue weighted by molar-refractivity contribution is -0.149. The maximum absolute atomic E-state index is 12.7. The fraction of sp³-hybridized carbons (Fsp3) is 0.650. The lowest BCUT2D eigenvalue weighted by atomic mass is 9.92. The smallest absolute Gasteiger partial charge is 0.227 e. The number of piperidine rings is 1. The third kappa shape index (κ3) is 5.27. The van der Waals surface area contributed by atoms with E-state index in [2.05, 4.69) is 32.9 Å². The van der Waals surface area contributed by atoms with Gasteiger partial charge in [0.05, 0.1) is 19.7 Å². The second-order valence-corrected chi connectivity index (χ2v) is 7.42. The van der Waals surface area contributed by atoms with Gasteiger partial charge in [-0.15, -0.1) is 0 Å². The highest BCUT2D eigenvalue weighted by Crippen LogP contribution is 2.23. The molecule has 2 rings (SSSR count). The molecule has 25 heavy (non-hydrogen) atoms. The normalized spacial score (nSPS) is 17.5. The molecule has 1 amide bonds. The van der Waals surface area contributed by atoms with Gasteiger partial charge in [0.2, 0.25) is 5.91 Å². The van der Waals surface area contributed by atoms with Crippen LogP contribution < -0.4 is 5.73 Å². The Bertz CT molecular complexity index is 572. The summed E-state index contributed by atoms with van der Waals surface area (Å²) in [6.07, 6.45) is 3.19. The third-order valence-corrected chi connectivity index (χ3v) is 5.47. The number of hydrogen-bond acceptors (Lipinski definition) is 4. The number of rotatable bonds is 6. The second-order valence-electron chi connectivity index (χ2n) is 7.42. The molecule has 5 nitrogen and oxygen atoms in total. The highest BCUT2D eigenvalue weighted by Gasteiger charge is 2.25. The molecule has 0 bridgehead atoms. The van der Waals surface area contributed by atoms with Crippen molar-refractivity contribution >= 4 is 5.91 Å². The molecule has 1 aliphatic rings. The van der Waals surface area contributed by atoms with E-state index in [1.807, 2.05) is 12.1 Å². The van der Waals surface area contributed by atoms with Crippen LogP contribution in [0.2, 0.25) is 0 Å². The van der Waals surface area contributed by atoms with Crippen molar-refractivity contribution in [2.45, 2.75) is 52.6 Å². The summed E-state index contributed by atoms with van der Waals surface area (Å²) in [5, 5.41) is 1.99. The Morgan fingerprint density at radius 3 is 2.36 bits per heavy atom. The van der Waals surface area contributed by atoms with E-state index in [1.54, 1.807) is 12.0 Å². The monoisotopic (exact) mass is 347 g/mol. The van der Waals surface area contributed by atoms with Crippen LogP contribution in [0.15, 0.2) is 12.1 Å². The Balaban J connectivity index is 1.91. The van der Waals surface area contributed by atoms with E-state index in [9.17, 15) is 4.79 Å². The number of amides is 1. The fourth-order valence-electron chi connectivity index (χ4n) is 3.78. The number of likely N-dealkylation sites (N-methyl/N-ethyl adjacent to an activating group) is 1. The minimum absolute atomic E-state index is 0.0943. The van der Waals surface area contributed by atoms with Crippen molar-refractivity contribution in [3.8, 4) is 0 Å². The van der Waals surface area contributed by atoms with E-state index in [1.165, 1.54) is 16.7 Å². The summed E-state index contributed by atoms with van der Waals surface area (Å²) < 4.78 is 0. The van der Waals surface area contributed by atoms with Gasteiger partial charge >= 0.3 is 0 Å². The average molecular weight is 348 g/mol. The quantitative estimate of drug-likeness (QED) is 0.804. The summed E-state index contributed by atoms with van der Waals surface area (Å²) >= 11 is 0. The predicted octanol–water partition coefficient (Wildman–Crippen LogP) is 2.56. The molecule has 2 N–H and O–H groups in total. The zero-order valence-electron chi connectivity index (χ0n) is 16.3. The molecule has 5 heteroatoms. The van der Waals surface area contributed by atoms with E-state index in [-0.39, 0.29) is 12.1 Å². The zero-order valence-corrected chi connectivity index (χ0v) is 16.3. The van der Waals surface area contributed by atoms with Crippen LogP contribution in [-0.2, 0) is 16.1 Å². The van der Waals surface area contributed by atoms with E-state index >= 15 is 0 Å². The van der Waals surface area contributed by atoms with E-state index < -0.39 is 0 Å². The first-order valence-electron chi connectivity index (χ1n) is 9.18. The van der Waals surface area contributed by atoms with Gasteiger partial charge in [-0.3, -0.25) is 4.79 Å². The third-order valence-electron chi connectivity index (χ3n) is 5.47. The van der Waals surface area contributed by atoms with Gasteiger partial charge in [0, 0.05) is 20.1 Å². The minimum Gasteiger partial charge on any atom is -0.330 e. The van der Waals surface area contributed by atoms with Crippen LogP contribution in [0.3, 0.4) is 0 Å². The first-order valence-corrected chi connectivity index (χ1v) is 9.18. The summed E-state index contributed by atoms with van der Waals surface area (Å²) in [6.45, 7) is 8.11. The highest BCUT2D eigenvalue weighted by molar-refractivity contribution is 5.79. The van der Waals surface area contributed by atoms with Gasteiger partial charge in [-0.2, -0.15) is 5.06 Å². The van der Waals surface area contributed by atoms with Gasteiger partial charge in [0.1, 0.15) is 0 Å². The summed E-state index contributed by atoms with van der Waals surface area (Å²) in [5.74, 6) is 0.649. The number of carbonyl (C=O) groups excluding carboxylic acids is 1.